The standard InChI is InChI=1S/C21H22Cl2N4O2/c1-12(2)26-20-8-16(17(23)10-25-20)14-7-18(24-9-14)21(29)27-19(11-28)13-4-3-5-15(22)6-13/h3-10,12,19,24,28H,11H2,1-2H3,(H,25,26)(H,27,29)/t19-/m0/s1. The molecule has 1 atom stereocenters. The van der Waals surface area contributed by atoms with Crippen LogP contribution in [0.5, 0.6) is 0 Å². The summed E-state index contributed by atoms with van der Waals surface area (Å²) in [5.41, 5.74) is 2.60. The quantitative estimate of drug-likeness (QED) is 0.436. The summed E-state index contributed by atoms with van der Waals surface area (Å²) in [5, 5.41) is 16.7. The van der Waals surface area contributed by atoms with Crippen LogP contribution in [0.15, 0.2) is 48.8 Å². The summed E-state index contributed by atoms with van der Waals surface area (Å²) in [5.74, 6) is 0.355. The number of aromatic amines is 1. The Hall–Kier alpha value is -2.54. The third-order valence-corrected chi connectivity index (χ3v) is 4.81. The summed E-state index contributed by atoms with van der Waals surface area (Å²) in [7, 11) is 0. The van der Waals surface area contributed by atoms with E-state index in [9.17, 15) is 9.90 Å². The van der Waals surface area contributed by atoms with Crippen LogP contribution in [-0.2, 0) is 0 Å². The molecule has 0 spiro atoms. The summed E-state index contributed by atoms with van der Waals surface area (Å²) >= 11 is 12.3. The maximum absolute atomic E-state index is 12.7. The fourth-order valence-electron chi connectivity index (χ4n) is 2.91. The second-order valence-corrected chi connectivity index (χ2v) is 7.76. The number of amides is 1. The molecule has 0 radical (unpaired) electrons. The van der Waals surface area contributed by atoms with Gasteiger partial charge in [0, 0.05) is 34.6 Å². The molecule has 2 aromatic heterocycles. The first-order valence-corrected chi connectivity index (χ1v) is 9.91. The summed E-state index contributed by atoms with van der Waals surface area (Å²) < 4.78 is 0. The normalized spacial score (nSPS) is 12.1. The molecule has 3 rings (SSSR count). The number of benzene rings is 1. The molecule has 0 unspecified atom stereocenters. The number of nitrogens with zero attached hydrogens (tertiary/aromatic N) is 1. The van der Waals surface area contributed by atoms with Gasteiger partial charge in [-0.2, -0.15) is 0 Å². The highest BCUT2D eigenvalue weighted by Crippen LogP contribution is 2.30. The van der Waals surface area contributed by atoms with Crippen molar-refractivity contribution in [2.45, 2.75) is 25.9 Å². The lowest BCUT2D eigenvalue weighted by Gasteiger charge is -2.16. The lowest BCUT2D eigenvalue weighted by Crippen LogP contribution is -2.31. The number of anilines is 1. The molecule has 0 aliphatic rings. The Morgan fingerprint density at radius 2 is 2.03 bits per heavy atom. The lowest BCUT2D eigenvalue weighted by molar-refractivity contribution is 0.0912. The molecular weight excluding hydrogens is 411 g/mol. The van der Waals surface area contributed by atoms with E-state index in [2.05, 4.69) is 20.6 Å². The molecule has 152 valence electrons. The van der Waals surface area contributed by atoms with Gasteiger partial charge in [-0.15, -0.1) is 0 Å². The molecular formula is C21H22Cl2N4O2. The number of aliphatic hydroxyl groups excluding tert-OH is 1. The number of pyridine rings is 1. The van der Waals surface area contributed by atoms with E-state index in [0.717, 1.165) is 16.7 Å². The minimum Gasteiger partial charge on any atom is -0.394 e. The van der Waals surface area contributed by atoms with E-state index in [0.29, 0.717) is 21.6 Å². The molecule has 1 aromatic carbocycles. The molecule has 6 nitrogen and oxygen atoms in total. The van der Waals surface area contributed by atoms with Crippen molar-refractivity contribution in [2.75, 3.05) is 11.9 Å². The van der Waals surface area contributed by atoms with E-state index in [4.69, 9.17) is 23.2 Å². The molecule has 0 saturated heterocycles. The highest BCUT2D eigenvalue weighted by atomic mass is 35.5. The van der Waals surface area contributed by atoms with Crippen molar-refractivity contribution in [3.05, 3.63) is 70.1 Å². The van der Waals surface area contributed by atoms with Gasteiger partial charge in [0.05, 0.1) is 17.7 Å². The highest BCUT2D eigenvalue weighted by molar-refractivity contribution is 6.33. The van der Waals surface area contributed by atoms with E-state index in [1.54, 1.807) is 42.7 Å². The SMILES string of the molecule is CC(C)Nc1cc(-c2c[nH]c(C(=O)N[C@@H](CO)c3cccc(Cl)c3)c2)c(Cl)cn1. The Kier molecular flexibility index (Phi) is 6.79. The predicted molar refractivity (Wildman–Crippen MR) is 117 cm³/mol. The number of H-pyrrole nitrogens is 1. The second-order valence-electron chi connectivity index (χ2n) is 6.91. The van der Waals surface area contributed by atoms with Crippen molar-refractivity contribution in [1.82, 2.24) is 15.3 Å². The molecule has 4 N–H and O–H groups in total. The number of hydrogen-bond acceptors (Lipinski definition) is 4. The van der Waals surface area contributed by atoms with Crippen molar-refractivity contribution >= 4 is 34.9 Å². The summed E-state index contributed by atoms with van der Waals surface area (Å²) in [4.78, 5) is 19.9. The number of nitrogens with one attached hydrogen (secondary N) is 3. The van der Waals surface area contributed by atoms with Crippen molar-refractivity contribution in [3.8, 4) is 11.1 Å². The number of halogens is 2. The zero-order valence-corrected chi connectivity index (χ0v) is 17.6. The number of carbonyl (C=O) groups excluding carboxylic acids is 1. The number of hydrogen-bond donors (Lipinski definition) is 4. The molecule has 29 heavy (non-hydrogen) atoms. The molecule has 3 aromatic rings. The third-order valence-electron chi connectivity index (χ3n) is 4.27. The molecule has 0 aliphatic carbocycles. The molecule has 0 bridgehead atoms. The van der Waals surface area contributed by atoms with Crippen LogP contribution in [0.2, 0.25) is 10.0 Å². The molecule has 1 amide bonds. The monoisotopic (exact) mass is 432 g/mol. The molecule has 8 heteroatoms. The van der Waals surface area contributed by atoms with Crippen molar-refractivity contribution in [3.63, 3.8) is 0 Å². The Bertz CT molecular complexity index is 1000. The highest BCUT2D eigenvalue weighted by Gasteiger charge is 2.18. The predicted octanol–water partition coefficient (Wildman–Crippen LogP) is 4.67. The van der Waals surface area contributed by atoms with E-state index >= 15 is 0 Å². The Balaban J connectivity index is 1.79. The number of carbonyl (C=O) groups is 1. The average molecular weight is 433 g/mol. The molecule has 0 aliphatic heterocycles. The second kappa shape index (κ2) is 9.31. The first-order valence-electron chi connectivity index (χ1n) is 9.15. The lowest BCUT2D eigenvalue weighted by atomic mass is 10.1. The van der Waals surface area contributed by atoms with Crippen LogP contribution in [0.25, 0.3) is 11.1 Å². The Morgan fingerprint density at radius 3 is 2.72 bits per heavy atom. The summed E-state index contributed by atoms with van der Waals surface area (Å²) in [6.07, 6.45) is 3.29. The topological polar surface area (TPSA) is 90.0 Å². The Labute approximate surface area is 179 Å². The van der Waals surface area contributed by atoms with Crippen molar-refractivity contribution < 1.29 is 9.90 Å². The van der Waals surface area contributed by atoms with Crippen LogP contribution in [-0.4, -0.2) is 33.6 Å². The minimum absolute atomic E-state index is 0.228. The van der Waals surface area contributed by atoms with Crippen molar-refractivity contribution in [2.24, 2.45) is 0 Å². The fraction of sp³-hybridized carbons (Fsp3) is 0.238. The van der Waals surface area contributed by atoms with E-state index in [1.165, 1.54) is 0 Å². The fourth-order valence-corrected chi connectivity index (χ4v) is 3.32. The Morgan fingerprint density at radius 1 is 1.24 bits per heavy atom. The van der Waals surface area contributed by atoms with Gasteiger partial charge in [0.15, 0.2) is 0 Å². The van der Waals surface area contributed by atoms with Gasteiger partial charge in [0.1, 0.15) is 11.5 Å². The van der Waals surface area contributed by atoms with Crippen LogP contribution >= 0.6 is 23.2 Å². The van der Waals surface area contributed by atoms with Gasteiger partial charge in [-0.1, -0.05) is 35.3 Å². The zero-order chi connectivity index (χ0) is 21.0. The van der Waals surface area contributed by atoms with Gasteiger partial charge in [-0.25, -0.2) is 4.98 Å². The van der Waals surface area contributed by atoms with E-state index in [1.807, 2.05) is 19.9 Å². The average Bonchev–Trinajstić information content (AvgIpc) is 3.17. The van der Waals surface area contributed by atoms with Gasteiger partial charge in [-0.3, -0.25) is 4.79 Å². The number of aliphatic hydroxyl groups is 1. The molecule has 0 saturated carbocycles. The van der Waals surface area contributed by atoms with Gasteiger partial charge in [0.25, 0.3) is 5.91 Å². The van der Waals surface area contributed by atoms with Crippen LogP contribution in [0.1, 0.15) is 35.9 Å². The summed E-state index contributed by atoms with van der Waals surface area (Å²) in [6.45, 7) is 3.79. The van der Waals surface area contributed by atoms with Crippen LogP contribution in [0.3, 0.4) is 0 Å². The molecule has 0 fully saturated rings. The van der Waals surface area contributed by atoms with Gasteiger partial charge in [-0.05, 0) is 43.7 Å². The van der Waals surface area contributed by atoms with E-state index in [-0.39, 0.29) is 18.6 Å². The smallest absolute Gasteiger partial charge is 0.268 e. The summed E-state index contributed by atoms with van der Waals surface area (Å²) in [6, 6.07) is 10.2. The minimum atomic E-state index is -0.570. The first-order chi connectivity index (χ1) is 13.9. The van der Waals surface area contributed by atoms with E-state index < -0.39 is 6.04 Å². The van der Waals surface area contributed by atoms with Gasteiger partial charge in [0.2, 0.25) is 0 Å². The van der Waals surface area contributed by atoms with Gasteiger partial charge < -0.3 is 20.7 Å². The maximum atomic E-state index is 12.7. The zero-order valence-electron chi connectivity index (χ0n) is 16.0. The maximum Gasteiger partial charge on any atom is 0.268 e. The largest absolute Gasteiger partial charge is 0.394 e. The first kappa shape index (κ1) is 21.2. The molecule has 2 heterocycles. The number of rotatable bonds is 7. The van der Waals surface area contributed by atoms with Crippen LogP contribution < -0.4 is 10.6 Å². The van der Waals surface area contributed by atoms with Gasteiger partial charge >= 0.3 is 0 Å². The number of aromatic nitrogens is 2. The third kappa shape index (κ3) is 5.29. The van der Waals surface area contributed by atoms with Crippen molar-refractivity contribution in [1.29, 1.82) is 0 Å². The van der Waals surface area contributed by atoms with Crippen LogP contribution in [0, 0.1) is 0 Å². The van der Waals surface area contributed by atoms with Crippen LogP contribution in [0.4, 0.5) is 5.82 Å².